The fraction of sp³-hybridized carbons (Fsp3) is 0. The molecule has 0 amide bonds. The summed E-state index contributed by atoms with van der Waals surface area (Å²) in [6.45, 7) is 0. The lowest BCUT2D eigenvalue weighted by Gasteiger charge is -2.04. The van der Waals surface area contributed by atoms with E-state index in [1.807, 2.05) is 0 Å². The topological polar surface area (TPSA) is 109 Å². The van der Waals surface area contributed by atoms with Crippen LogP contribution in [-0.4, -0.2) is 25.9 Å². The summed E-state index contributed by atoms with van der Waals surface area (Å²) in [5.41, 5.74) is 0. The number of hydrogen-bond acceptors (Lipinski definition) is 4. The van der Waals surface area contributed by atoms with Gasteiger partial charge in [0.15, 0.2) is 0 Å². The van der Waals surface area contributed by atoms with Crippen LogP contribution in [0.3, 0.4) is 0 Å². The first-order valence-corrected chi connectivity index (χ1v) is 7.47. The smallest absolute Gasteiger partial charge is 0.282 e. The molecule has 2 aromatic rings. The van der Waals surface area contributed by atoms with Crippen LogP contribution in [0.2, 0.25) is 0 Å². The van der Waals surface area contributed by atoms with E-state index in [2.05, 4.69) is 6.07 Å². The molecule has 1 radical (unpaired) electrons. The summed E-state index contributed by atoms with van der Waals surface area (Å²) >= 11 is 0. The predicted octanol–water partition coefficient (Wildman–Crippen LogP) is 1.13. The molecule has 0 saturated heterocycles. The van der Waals surface area contributed by atoms with Gasteiger partial charge in [-0.15, -0.1) is 0 Å². The van der Waals surface area contributed by atoms with Gasteiger partial charge in [-0.05, 0) is 17.5 Å². The van der Waals surface area contributed by atoms with Crippen LogP contribution in [0.15, 0.2) is 40.1 Å². The first-order chi connectivity index (χ1) is 8.19. The first-order valence-electron chi connectivity index (χ1n) is 4.59. The highest BCUT2D eigenvalue weighted by Crippen LogP contribution is 2.24. The lowest BCUT2D eigenvalue weighted by atomic mass is 10.1. The highest BCUT2D eigenvalue weighted by Gasteiger charge is 2.16. The fourth-order valence-electron chi connectivity index (χ4n) is 1.54. The molecule has 95 valence electrons. The normalized spacial score (nSPS) is 12.8. The second-order valence-electron chi connectivity index (χ2n) is 3.51. The van der Waals surface area contributed by atoms with Crippen molar-refractivity contribution in [2.75, 3.05) is 0 Å². The molecule has 0 unspecified atom stereocenters. The van der Waals surface area contributed by atoms with E-state index >= 15 is 0 Å². The van der Waals surface area contributed by atoms with Gasteiger partial charge in [-0.3, -0.25) is 9.11 Å². The molecule has 18 heavy (non-hydrogen) atoms. The minimum atomic E-state index is -4.45. The summed E-state index contributed by atoms with van der Waals surface area (Å²) in [4.78, 5) is -0.802. The van der Waals surface area contributed by atoms with E-state index in [4.69, 9.17) is 9.11 Å². The fourth-order valence-corrected chi connectivity index (χ4v) is 2.74. The van der Waals surface area contributed by atoms with Crippen LogP contribution in [0.1, 0.15) is 0 Å². The van der Waals surface area contributed by atoms with Gasteiger partial charge in [-0.1, -0.05) is 18.2 Å². The lowest BCUT2D eigenvalue weighted by Crippen LogP contribution is -2.01. The molecule has 0 atom stereocenters. The van der Waals surface area contributed by atoms with Crippen molar-refractivity contribution in [3.63, 3.8) is 0 Å². The molecule has 0 fully saturated rings. The van der Waals surface area contributed by atoms with E-state index in [1.54, 1.807) is 0 Å². The van der Waals surface area contributed by atoms with Crippen LogP contribution in [0.25, 0.3) is 10.8 Å². The van der Waals surface area contributed by atoms with Gasteiger partial charge >= 0.3 is 0 Å². The third kappa shape index (κ3) is 2.36. The highest BCUT2D eigenvalue weighted by atomic mass is 32.2. The van der Waals surface area contributed by atoms with Crippen molar-refractivity contribution in [2.24, 2.45) is 0 Å². The summed E-state index contributed by atoms with van der Waals surface area (Å²) in [7, 11) is -8.81. The zero-order valence-corrected chi connectivity index (χ0v) is 10.4. The molecule has 0 aromatic heterocycles. The van der Waals surface area contributed by atoms with E-state index in [9.17, 15) is 16.8 Å². The van der Waals surface area contributed by atoms with Crippen LogP contribution < -0.4 is 0 Å². The average Bonchev–Trinajstić information content (AvgIpc) is 2.25. The molecule has 0 saturated carbocycles. The van der Waals surface area contributed by atoms with Gasteiger partial charge in [0.05, 0.1) is 4.90 Å². The first kappa shape index (κ1) is 13.0. The van der Waals surface area contributed by atoms with E-state index in [1.165, 1.54) is 18.2 Å². The summed E-state index contributed by atoms with van der Waals surface area (Å²) in [5, 5.41) is 0.365. The zero-order chi connectivity index (χ0) is 13.6. The molecule has 0 spiro atoms. The van der Waals surface area contributed by atoms with Crippen molar-refractivity contribution >= 4 is 31.0 Å². The van der Waals surface area contributed by atoms with Crippen LogP contribution >= 0.6 is 0 Å². The van der Waals surface area contributed by atoms with E-state index < -0.39 is 25.1 Å². The SMILES string of the molecule is O=S(=O)(O)c1ccc2c(S(=O)(=O)O)[c]ccc2c1. The van der Waals surface area contributed by atoms with Crippen LogP contribution in [0, 0.1) is 6.07 Å². The largest absolute Gasteiger partial charge is 0.295 e. The molecule has 0 aliphatic carbocycles. The molecule has 0 aliphatic heterocycles. The van der Waals surface area contributed by atoms with Crippen molar-refractivity contribution in [1.29, 1.82) is 0 Å². The Labute approximate surface area is 103 Å². The van der Waals surface area contributed by atoms with Gasteiger partial charge in [0.25, 0.3) is 20.2 Å². The summed E-state index contributed by atoms with van der Waals surface area (Å²) < 4.78 is 61.9. The number of hydrogen-bond donors (Lipinski definition) is 2. The standard InChI is InChI=1S/C10H7O6S2/c11-17(12,13)8-4-5-9-7(6-8)2-1-3-10(9)18(14,15)16/h1-2,4-6H,(H,11,12,13)(H,14,15,16). The Morgan fingerprint density at radius 1 is 0.944 bits per heavy atom. The predicted molar refractivity (Wildman–Crippen MR) is 62.4 cm³/mol. The molecule has 0 bridgehead atoms. The quantitative estimate of drug-likeness (QED) is 0.801. The maximum Gasteiger partial charge on any atom is 0.295 e. The average molecular weight is 287 g/mol. The van der Waals surface area contributed by atoms with Gasteiger partial charge in [-0.2, -0.15) is 16.8 Å². The van der Waals surface area contributed by atoms with Gasteiger partial charge in [0.1, 0.15) is 4.90 Å². The van der Waals surface area contributed by atoms with Gasteiger partial charge < -0.3 is 0 Å². The lowest BCUT2D eigenvalue weighted by molar-refractivity contribution is 0.482. The molecular weight excluding hydrogens is 280 g/mol. The van der Waals surface area contributed by atoms with Crippen molar-refractivity contribution in [3.05, 3.63) is 36.4 Å². The molecule has 2 rings (SSSR count). The Morgan fingerprint density at radius 2 is 1.61 bits per heavy atom. The molecular formula is C10H7O6S2. The van der Waals surface area contributed by atoms with Gasteiger partial charge in [-0.25, -0.2) is 0 Å². The second kappa shape index (κ2) is 4.02. The molecule has 8 heteroatoms. The Morgan fingerprint density at radius 3 is 2.17 bits per heavy atom. The Hall–Kier alpha value is -1.48. The van der Waals surface area contributed by atoms with Crippen molar-refractivity contribution in [2.45, 2.75) is 9.79 Å². The third-order valence-corrected chi connectivity index (χ3v) is 4.00. The maximum atomic E-state index is 11.1. The minimum Gasteiger partial charge on any atom is -0.282 e. The van der Waals surface area contributed by atoms with Gasteiger partial charge in [0.2, 0.25) is 0 Å². The van der Waals surface area contributed by atoms with Crippen molar-refractivity contribution in [1.82, 2.24) is 0 Å². The Bertz CT molecular complexity index is 821. The van der Waals surface area contributed by atoms with Gasteiger partial charge in [0, 0.05) is 11.5 Å². The molecule has 2 aromatic carbocycles. The van der Waals surface area contributed by atoms with E-state index in [-0.39, 0.29) is 15.7 Å². The molecule has 6 nitrogen and oxygen atoms in total. The third-order valence-electron chi connectivity index (χ3n) is 2.30. The summed E-state index contributed by atoms with van der Waals surface area (Å²) in [6, 6.07) is 8.34. The molecule has 0 heterocycles. The van der Waals surface area contributed by atoms with Crippen LogP contribution in [0.4, 0.5) is 0 Å². The van der Waals surface area contributed by atoms with Crippen molar-refractivity contribution < 1.29 is 25.9 Å². The summed E-state index contributed by atoms with van der Waals surface area (Å²) in [6.07, 6.45) is 0. The zero-order valence-electron chi connectivity index (χ0n) is 8.73. The van der Waals surface area contributed by atoms with Crippen LogP contribution in [-0.2, 0) is 20.2 Å². The number of fused-ring (bicyclic) bond motifs is 1. The highest BCUT2D eigenvalue weighted by molar-refractivity contribution is 7.86. The maximum absolute atomic E-state index is 11.1. The Kier molecular flexibility index (Phi) is 2.90. The van der Waals surface area contributed by atoms with Crippen molar-refractivity contribution in [3.8, 4) is 0 Å². The summed E-state index contributed by atoms with van der Waals surface area (Å²) in [5.74, 6) is 0. The number of benzene rings is 2. The van der Waals surface area contributed by atoms with Crippen LogP contribution in [0.5, 0.6) is 0 Å². The molecule has 2 N–H and O–H groups in total. The second-order valence-corrected chi connectivity index (χ2v) is 6.29. The Balaban J connectivity index is 2.85. The molecule has 0 aliphatic rings. The minimum absolute atomic E-state index is 0.118. The van der Waals surface area contributed by atoms with E-state index in [0.29, 0.717) is 0 Å². The monoisotopic (exact) mass is 287 g/mol. The number of rotatable bonds is 2. The van der Waals surface area contributed by atoms with E-state index in [0.717, 1.165) is 12.1 Å².